The first-order valence-corrected chi connectivity index (χ1v) is 9.38. The van der Waals surface area contributed by atoms with E-state index in [1.807, 2.05) is 30.3 Å². The number of carbonyl (C=O) groups is 2. The van der Waals surface area contributed by atoms with Crippen LogP contribution in [0.1, 0.15) is 12.8 Å². The van der Waals surface area contributed by atoms with Gasteiger partial charge in [0, 0.05) is 38.4 Å². The van der Waals surface area contributed by atoms with Crippen LogP contribution in [0, 0.1) is 17.8 Å². The number of alkyl halides is 3. The highest BCUT2D eigenvalue weighted by Gasteiger charge is 2.53. The van der Waals surface area contributed by atoms with Crippen LogP contribution >= 0.6 is 0 Å². The summed E-state index contributed by atoms with van der Waals surface area (Å²) in [5.74, 6) is -4.98. The van der Waals surface area contributed by atoms with Gasteiger partial charge in [-0.05, 0) is 30.9 Å². The minimum atomic E-state index is -4.64. The number of nitrogens with zero attached hydrogens (tertiary/aromatic N) is 2. The molecule has 2 N–H and O–H groups in total. The fraction of sp³-hybridized carbons (Fsp3) is 0.579. The lowest BCUT2D eigenvalue weighted by Crippen LogP contribution is -2.45. The summed E-state index contributed by atoms with van der Waals surface area (Å²) >= 11 is 0. The Morgan fingerprint density at radius 3 is 2.46 bits per heavy atom. The van der Waals surface area contributed by atoms with Crippen LogP contribution in [0.4, 0.5) is 23.7 Å². The molecule has 0 aliphatic carbocycles. The van der Waals surface area contributed by atoms with Crippen molar-refractivity contribution >= 4 is 17.7 Å². The van der Waals surface area contributed by atoms with E-state index in [0.29, 0.717) is 6.54 Å². The van der Waals surface area contributed by atoms with Gasteiger partial charge in [0.1, 0.15) is 0 Å². The molecule has 9 heteroatoms. The molecule has 0 bridgehead atoms. The fourth-order valence-corrected chi connectivity index (χ4v) is 4.00. The number of rotatable bonds is 4. The molecule has 154 valence electrons. The maximum Gasteiger partial charge on any atom is 0.394 e. The van der Waals surface area contributed by atoms with E-state index in [0.717, 1.165) is 36.5 Å². The number of amides is 2. The number of para-hydroxylation sites is 1. The Labute approximate surface area is 161 Å². The van der Waals surface area contributed by atoms with Gasteiger partial charge in [-0.2, -0.15) is 13.2 Å². The molecule has 2 fully saturated rings. The summed E-state index contributed by atoms with van der Waals surface area (Å²) in [6, 6.07) is 9.28. The standard InChI is InChI=1S/C19H24F3N3O3/c20-19(21,22)16-12-25(11-15(16)17(26)27)18(28)23-9-13-5-4-8-24(10-13)14-6-2-1-3-7-14/h1-3,6-7,13,15-16H,4-5,8-12H2,(H,23,28)(H,26,27)/t13?,15-,16-/m1/s1. The van der Waals surface area contributed by atoms with Crippen LogP contribution < -0.4 is 10.2 Å². The number of likely N-dealkylation sites (tertiary alicyclic amines) is 1. The first kappa shape index (κ1) is 20.3. The monoisotopic (exact) mass is 399 g/mol. The number of halogens is 3. The number of hydrogen-bond donors (Lipinski definition) is 2. The van der Waals surface area contributed by atoms with Gasteiger partial charge in [-0.25, -0.2) is 4.79 Å². The SMILES string of the molecule is O=C(O)[C@@H]1CN(C(=O)NCC2CCCN(c3ccccc3)C2)C[C@H]1C(F)(F)F. The predicted molar refractivity (Wildman–Crippen MR) is 97.0 cm³/mol. The summed E-state index contributed by atoms with van der Waals surface area (Å²) in [6.45, 7) is 0.994. The van der Waals surface area contributed by atoms with Crippen molar-refractivity contribution < 1.29 is 27.9 Å². The van der Waals surface area contributed by atoms with Crippen molar-refractivity contribution in [2.75, 3.05) is 37.6 Å². The van der Waals surface area contributed by atoms with E-state index in [4.69, 9.17) is 5.11 Å². The molecule has 3 rings (SSSR count). The van der Waals surface area contributed by atoms with Crippen LogP contribution in [0.3, 0.4) is 0 Å². The molecule has 2 amide bonds. The number of piperidine rings is 1. The molecule has 6 nitrogen and oxygen atoms in total. The second kappa shape index (κ2) is 8.28. The van der Waals surface area contributed by atoms with Gasteiger partial charge in [0.2, 0.25) is 0 Å². The van der Waals surface area contributed by atoms with Crippen molar-refractivity contribution in [3.63, 3.8) is 0 Å². The van der Waals surface area contributed by atoms with Crippen LogP contribution in [0.25, 0.3) is 0 Å². The average Bonchev–Trinajstić information content (AvgIpc) is 3.13. The third-order valence-electron chi connectivity index (χ3n) is 5.53. The smallest absolute Gasteiger partial charge is 0.394 e. The quantitative estimate of drug-likeness (QED) is 0.817. The summed E-state index contributed by atoms with van der Waals surface area (Å²) in [7, 11) is 0. The molecule has 0 aromatic heterocycles. The molecule has 2 saturated heterocycles. The number of aliphatic carboxylic acids is 1. The number of carbonyl (C=O) groups excluding carboxylic acids is 1. The largest absolute Gasteiger partial charge is 0.481 e. The maximum atomic E-state index is 13.1. The van der Waals surface area contributed by atoms with Gasteiger partial charge in [-0.3, -0.25) is 4.79 Å². The molecule has 28 heavy (non-hydrogen) atoms. The summed E-state index contributed by atoms with van der Waals surface area (Å²) in [5.41, 5.74) is 1.11. The zero-order valence-corrected chi connectivity index (χ0v) is 15.4. The van der Waals surface area contributed by atoms with E-state index >= 15 is 0 Å². The first-order valence-electron chi connectivity index (χ1n) is 9.38. The molecular formula is C19H24F3N3O3. The number of carboxylic acids is 1. The third-order valence-corrected chi connectivity index (χ3v) is 5.53. The molecule has 2 aliphatic rings. The van der Waals surface area contributed by atoms with Gasteiger partial charge in [0.25, 0.3) is 0 Å². The Balaban J connectivity index is 1.53. The van der Waals surface area contributed by atoms with Gasteiger partial charge < -0.3 is 20.2 Å². The molecule has 3 atom stereocenters. The number of carboxylic acid groups (broad SMARTS) is 1. The van der Waals surface area contributed by atoms with Crippen LogP contribution in [0.2, 0.25) is 0 Å². The summed E-state index contributed by atoms with van der Waals surface area (Å²) in [4.78, 5) is 26.7. The minimum absolute atomic E-state index is 0.189. The molecule has 1 aromatic carbocycles. The van der Waals surface area contributed by atoms with Gasteiger partial charge in [0.15, 0.2) is 0 Å². The molecule has 2 heterocycles. The van der Waals surface area contributed by atoms with E-state index in [1.54, 1.807) is 0 Å². The van der Waals surface area contributed by atoms with Crippen LogP contribution in [0.5, 0.6) is 0 Å². The Morgan fingerprint density at radius 1 is 1.14 bits per heavy atom. The van der Waals surface area contributed by atoms with E-state index in [2.05, 4.69) is 10.2 Å². The number of hydrogen-bond acceptors (Lipinski definition) is 3. The Kier molecular flexibility index (Phi) is 6.00. The zero-order chi connectivity index (χ0) is 20.3. The van der Waals surface area contributed by atoms with Crippen molar-refractivity contribution in [2.24, 2.45) is 17.8 Å². The molecule has 1 aromatic rings. The third kappa shape index (κ3) is 4.69. The average molecular weight is 399 g/mol. The van der Waals surface area contributed by atoms with Gasteiger partial charge >= 0.3 is 18.2 Å². The summed E-state index contributed by atoms with van der Waals surface area (Å²) in [6.07, 6.45) is -2.75. The maximum absolute atomic E-state index is 13.1. The van der Waals surface area contributed by atoms with Gasteiger partial charge in [-0.15, -0.1) is 0 Å². The van der Waals surface area contributed by atoms with E-state index in [-0.39, 0.29) is 5.92 Å². The zero-order valence-electron chi connectivity index (χ0n) is 15.4. The number of benzene rings is 1. The van der Waals surface area contributed by atoms with Crippen LogP contribution in [0.15, 0.2) is 30.3 Å². The van der Waals surface area contributed by atoms with Crippen molar-refractivity contribution in [1.29, 1.82) is 0 Å². The second-order valence-electron chi connectivity index (χ2n) is 7.47. The lowest BCUT2D eigenvalue weighted by Gasteiger charge is -2.34. The first-order chi connectivity index (χ1) is 13.3. The van der Waals surface area contributed by atoms with Crippen molar-refractivity contribution in [1.82, 2.24) is 10.2 Å². The van der Waals surface area contributed by atoms with Gasteiger partial charge in [-0.1, -0.05) is 18.2 Å². The highest BCUT2D eigenvalue weighted by molar-refractivity contribution is 5.77. The lowest BCUT2D eigenvalue weighted by atomic mass is 9.96. The predicted octanol–water partition coefficient (Wildman–Crippen LogP) is 2.81. The molecule has 1 unspecified atom stereocenters. The number of anilines is 1. The molecule has 0 radical (unpaired) electrons. The van der Waals surface area contributed by atoms with E-state index < -0.39 is 43.1 Å². The Hall–Kier alpha value is -2.45. The van der Waals surface area contributed by atoms with Gasteiger partial charge in [0.05, 0.1) is 11.8 Å². The summed E-state index contributed by atoms with van der Waals surface area (Å²) in [5, 5.41) is 11.8. The van der Waals surface area contributed by atoms with Crippen molar-refractivity contribution in [3.8, 4) is 0 Å². The molecule has 2 aliphatic heterocycles. The molecule has 0 spiro atoms. The Morgan fingerprint density at radius 2 is 1.86 bits per heavy atom. The van der Waals surface area contributed by atoms with E-state index in [9.17, 15) is 22.8 Å². The normalized spacial score (nSPS) is 25.6. The topological polar surface area (TPSA) is 72.9 Å². The van der Waals surface area contributed by atoms with Crippen molar-refractivity contribution in [3.05, 3.63) is 30.3 Å². The lowest BCUT2D eigenvalue weighted by molar-refractivity contribution is -0.187. The second-order valence-corrected chi connectivity index (χ2v) is 7.47. The Bertz CT molecular complexity index is 699. The highest BCUT2D eigenvalue weighted by Crippen LogP contribution is 2.37. The van der Waals surface area contributed by atoms with Crippen LogP contribution in [-0.2, 0) is 4.79 Å². The number of nitrogens with one attached hydrogen (secondary N) is 1. The summed E-state index contributed by atoms with van der Waals surface area (Å²) < 4.78 is 39.2. The number of urea groups is 1. The minimum Gasteiger partial charge on any atom is -0.481 e. The molecular weight excluding hydrogens is 375 g/mol. The van der Waals surface area contributed by atoms with Crippen molar-refractivity contribution in [2.45, 2.75) is 19.0 Å². The fourth-order valence-electron chi connectivity index (χ4n) is 4.00. The highest BCUT2D eigenvalue weighted by atomic mass is 19.4. The molecule has 0 saturated carbocycles. The van der Waals surface area contributed by atoms with E-state index in [1.165, 1.54) is 0 Å². The van der Waals surface area contributed by atoms with Crippen LogP contribution in [-0.4, -0.2) is 60.9 Å².